The molecule has 0 saturated carbocycles. The van der Waals surface area contributed by atoms with Crippen molar-refractivity contribution in [3.63, 3.8) is 0 Å². The summed E-state index contributed by atoms with van der Waals surface area (Å²) in [5.74, 6) is -1.34. The van der Waals surface area contributed by atoms with Crippen molar-refractivity contribution < 1.29 is 19.1 Å². The molecule has 1 saturated heterocycles. The number of nitrogens with one attached hydrogen (secondary N) is 1. The van der Waals surface area contributed by atoms with E-state index in [4.69, 9.17) is 21.9 Å². The Labute approximate surface area is 194 Å². The number of nitrogens with two attached hydrogens (primary N) is 3. The molecule has 0 unspecified atom stereocenters. The molecule has 11 heteroatoms. The summed E-state index contributed by atoms with van der Waals surface area (Å²) < 4.78 is 5.29. The standard InChI is InChI=1S/C23H25N7O4/c1-34-16-12-28-19(22(26)32)18-17(16)15(11-27-18)20(31)23(33)30-8-6-29(7-9-30)21(25)14-5-3-2-4-13(14)10-24/h2-5,10-12,27H,6-9,24-25H2,1H3,(H2,26,32)/b13-10-,21-14+. The molecule has 11 nitrogen and oxygen atoms in total. The van der Waals surface area contributed by atoms with Gasteiger partial charge < -0.3 is 36.7 Å². The van der Waals surface area contributed by atoms with Crippen molar-refractivity contribution in [1.29, 1.82) is 0 Å². The molecule has 1 aromatic carbocycles. The first-order chi connectivity index (χ1) is 16.4. The van der Waals surface area contributed by atoms with Gasteiger partial charge in [-0.25, -0.2) is 4.98 Å². The van der Waals surface area contributed by atoms with Crippen molar-refractivity contribution in [2.75, 3.05) is 33.3 Å². The van der Waals surface area contributed by atoms with Crippen molar-refractivity contribution in [3.8, 4) is 5.75 Å². The number of methoxy groups -OCH3 is 1. The number of fused-ring (bicyclic) bond motifs is 1. The Hall–Kier alpha value is -4.54. The fourth-order valence-corrected chi connectivity index (χ4v) is 4.09. The lowest BCUT2D eigenvalue weighted by atomic mass is 10.1. The van der Waals surface area contributed by atoms with Crippen LogP contribution >= 0.6 is 0 Å². The second-order valence-electron chi connectivity index (χ2n) is 7.74. The van der Waals surface area contributed by atoms with E-state index in [2.05, 4.69) is 9.97 Å². The molecule has 4 rings (SSSR count). The number of rotatable bonds is 5. The summed E-state index contributed by atoms with van der Waals surface area (Å²) >= 11 is 0. The lowest BCUT2D eigenvalue weighted by molar-refractivity contribution is -0.127. The quantitative estimate of drug-likeness (QED) is 0.259. The van der Waals surface area contributed by atoms with Crippen LogP contribution in [0.5, 0.6) is 5.75 Å². The Morgan fingerprint density at radius 1 is 1.09 bits per heavy atom. The molecular formula is C23H25N7O4. The van der Waals surface area contributed by atoms with Crippen LogP contribution in [0.15, 0.2) is 36.7 Å². The van der Waals surface area contributed by atoms with Crippen molar-refractivity contribution in [2.24, 2.45) is 17.2 Å². The van der Waals surface area contributed by atoms with Gasteiger partial charge >= 0.3 is 0 Å². The minimum absolute atomic E-state index is 0.0445. The van der Waals surface area contributed by atoms with Gasteiger partial charge in [-0.2, -0.15) is 0 Å². The van der Waals surface area contributed by atoms with Gasteiger partial charge in [0, 0.05) is 49.0 Å². The predicted molar refractivity (Wildman–Crippen MR) is 126 cm³/mol. The molecule has 0 spiro atoms. The molecule has 176 valence electrons. The number of H-pyrrole nitrogens is 1. The maximum Gasteiger partial charge on any atom is 0.295 e. The van der Waals surface area contributed by atoms with Gasteiger partial charge in [-0.3, -0.25) is 14.4 Å². The zero-order valence-corrected chi connectivity index (χ0v) is 18.6. The number of aromatic amines is 1. The van der Waals surface area contributed by atoms with Gasteiger partial charge in [-0.15, -0.1) is 0 Å². The highest BCUT2D eigenvalue weighted by Crippen LogP contribution is 2.30. The van der Waals surface area contributed by atoms with Crippen molar-refractivity contribution in [1.82, 2.24) is 19.8 Å². The average Bonchev–Trinajstić information content (AvgIpc) is 3.32. The highest BCUT2D eigenvalue weighted by molar-refractivity contribution is 6.45. The van der Waals surface area contributed by atoms with E-state index in [1.54, 1.807) is 0 Å². The van der Waals surface area contributed by atoms with Crippen molar-refractivity contribution in [2.45, 2.75) is 0 Å². The third-order valence-electron chi connectivity index (χ3n) is 5.89. The van der Waals surface area contributed by atoms with E-state index >= 15 is 0 Å². The summed E-state index contributed by atoms with van der Waals surface area (Å²) in [6.45, 7) is 1.54. The third-order valence-corrected chi connectivity index (χ3v) is 5.89. The van der Waals surface area contributed by atoms with Crippen molar-refractivity contribution >= 4 is 40.5 Å². The number of pyridine rings is 1. The highest BCUT2D eigenvalue weighted by atomic mass is 16.5. The van der Waals surface area contributed by atoms with Crippen LogP contribution in [-0.2, 0) is 4.79 Å². The van der Waals surface area contributed by atoms with Crippen LogP contribution in [0.2, 0.25) is 0 Å². The van der Waals surface area contributed by atoms with Crippen LogP contribution in [0.4, 0.5) is 0 Å². The van der Waals surface area contributed by atoms with E-state index < -0.39 is 17.6 Å². The molecule has 2 aromatic heterocycles. The zero-order valence-electron chi connectivity index (χ0n) is 18.6. The fourth-order valence-electron chi connectivity index (χ4n) is 4.09. The first kappa shape index (κ1) is 22.6. The molecule has 1 aliphatic rings. The van der Waals surface area contributed by atoms with Crippen LogP contribution in [0.25, 0.3) is 22.9 Å². The number of benzene rings is 1. The molecule has 2 amide bonds. The maximum absolute atomic E-state index is 13.1. The Kier molecular flexibility index (Phi) is 6.09. The minimum atomic E-state index is -0.765. The Balaban J connectivity index is 1.57. The smallest absolute Gasteiger partial charge is 0.295 e. The lowest BCUT2D eigenvalue weighted by Gasteiger charge is -2.35. The van der Waals surface area contributed by atoms with Crippen LogP contribution < -0.4 is 32.4 Å². The topological polar surface area (TPSA) is 174 Å². The molecule has 3 heterocycles. The summed E-state index contributed by atoms with van der Waals surface area (Å²) in [5, 5.41) is 1.91. The van der Waals surface area contributed by atoms with E-state index in [0.717, 1.165) is 10.4 Å². The SMILES string of the molecule is COc1cnc(C(N)=O)c2[nH]cc(C(=O)C(=O)N3CCN(/C(N)=c4\cccc\c4=C\N)CC3)c12. The maximum atomic E-state index is 13.1. The molecule has 0 atom stereocenters. The largest absolute Gasteiger partial charge is 0.494 e. The average molecular weight is 463 g/mol. The Morgan fingerprint density at radius 3 is 2.41 bits per heavy atom. The van der Waals surface area contributed by atoms with E-state index in [0.29, 0.717) is 32.0 Å². The number of aromatic nitrogens is 2. The summed E-state index contributed by atoms with van der Waals surface area (Å²) in [4.78, 5) is 48.1. The van der Waals surface area contributed by atoms with Gasteiger partial charge in [-0.1, -0.05) is 24.3 Å². The van der Waals surface area contributed by atoms with Crippen LogP contribution in [-0.4, -0.2) is 70.7 Å². The first-order valence-corrected chi connectivity index (χ1v) is 10.6. The summed E-state index contributed by atoms with van der Waals surface area (Å²) in [7, 11) is 1.41. The van der Waals surface area contributed by atoms with E-state index in [1.807, 2.05) is 29.2 Å². The van der Waals surface area contributed by atoms with Gasteiger partial charge in [0.05, 0.1) is 29.8 Å². The number of hydrogen-bond donors (Lipinski definition) is 4. The van der Waals surface area contributed by atoms with Crippen LogP contribution in [0, 0.1) is 0 Å². The van der Waals surface area contributed by atoms with Gasteiger partial charge in [0.15, 0.2) is 5.69 Å². The summed E-state index contributed by atoms with van der Waals surface area (Å²) in [6, 6.07) is 7.51. The number of amides is 2. The molecule has 1 aliphatic heterocycles. The summed E-state index contributed by atoms with van der Waals surface area (Å²) in [6.07, 6.45) is 4.16. The molecule has 1 fully saturated rings. The molecule has 7 N–H and O–H groups in total. The molecule has 3 aromatic rings. The zero-order chi connectivity index (χ0) is 24.4. The minimum Gasteiger partial charge on any atom is -0.494 e. The van der Waals surface area contributed by atoms with Crippen LogP contribution in [0.1, 0.15) is 20.8 Å². The van der Waals surface area contributed by atoms with E-state index in [-0.39, 0.29) is 27.9 Å². The normalized spacial score (nSPS) is 15.4. The predicted octanol–water partition coefficient (Wildman–Crippen LogP) is -1.58. The van der Waals surface area contributed by atoms with Gasteiger partial charge in [0.2, 0.25) is 0 Å². The summed E-state index contributed by atoms with van der Waals surface area (Å²) in [5.41, 5.74) is 17.7. The van der Waals surface area contributed by atoms with E-state index in [9.17, 15) is 14.4 Å². The number of nitrogens with zero attached hydrogens (tertiary/aromatic N) is 3. The number of ketones is 1. The molecule has 0 aliphatic carbocycles. The van der Waals surface area contributed by atoms with Crippen molar-refractivity contribution in [3.05, 3.63) is 58.4 Å². The number of carbonyl (C=O) groups is 3. The Bertz CT molecular complexity index is 1400. The second kappa shape index (κ2) is 9.14. The van der Waals surface area contributed by atoms with E-state index in [1.165, 1.54) is 30.6 Å². The number of primary amides is 1. The molecule has 0 bridgehead atoms. The van der Waals surface area contributed by atoms with Gasteiger partial charge in [-0.05, 0) is 0 Å². The Morgan fingerprint density at radius 2 is 1.76 bits per heavy atom. The van der Waals surface area contributed by atoms with Crippen LogP contribution in [0.3, 0.4) is 0 Å². The van der Waals surface area contributed by atoms with Gasteiger partial charge in [0.25, 0.3) is 17.6 Å². The molecule has 0 radical (unpaired) electrons. The molecule has 34 heavy (non-hydrogen) atoms. The lowest BCUT2D eigenvalue weighted by Crippen LogP contribution is -2.52. The second-order valence-corrected chi connectivity index (χ2v) is 7.74. The first-order valence-electron chi connectivity index (χ1n) is 10.6. The highest BCUT2D eigenvalue weighted by Gasteiger charge is 2.30. The number of piperazine rings is 1. The molecular weight excluding hydrogens is 438 g/mol. The third kappa shape index (κ3) is 3.87. The van der Waals surface area contributed by atoms with Gasteiger partial charge in [0.1, 0.15) is 11.6 Å². The number of hydrogen-bond acceptors (Lipinski definition) is 8. The number of carbonyl (C=O) groups excluding carboxylic acids is 3. The number of Topliss-reactive ketones (excluding diaryl/α,β-unsaturated/α-hetero) is 1. The fraction of sp³-hybridized carbons (Fsp3) is 0.217. The monoisotopic (exact) mass is 463 g/mol. The number of ether oxygens (including phenoxy) is 1.